The Morgan fingerprint density at radius 3 is 2.92 bits per heavy atom. The molecule has 0 aromatic carbocycles. The van der Waals surface area contributed by atoms with E-state index in [1.54, 1.807) is 18.3 Å². The number of hydrogen-bond acceptors (Lipinski definition) is 2. The van der Waals surface area contributed by atoms with Gasteiger partial charge in [-0.25, -0.2) is 9.67 Å². The van der Waals surface area contributed by atoms with E-state index in [2.05, 4.69) is 10.1 Å². The summed E-state index contributed by atoms with van der Waals surface area (Å²) in [6, 6.07) is 4.79. The average Bonchev–Trinajstić information content (AvgIpc) is 2.52. The average molecular weight is 196 g/mol. The zero-order valence-corrected chi connectivity index (χ0v) is 7.32. The molecule has 66 valence electrons. The van der Waals surface area contributed by atoms with Crippen LogP contribution in [0.1, 0.15) is 0 Å². The van der Waals surface area contributed by atoms with Crippen LogP contribution in [-0.2, 0) is 0 Å². The molecule has 13 heavy (non-hydrogen) atoms. The van der Waals surface area contributed by atoms with Crippen molar-refractivity contribution in [2.45, 2.75) is 0 Å². The lowest BCUT2D eigenvalue weighted by molar-refractivity contribution is 0.819. The molecule has 0 saturated heterocycles. The molecular weight excluding hydrogens is 190 g/mol. The molecule has 2 rings (SSSR count). The van der Waals surface area contributed by atoms with Gasteiger partial charge >= 0.3 is 0 Å². The topological polar surface area (TPSA) is 50.7 Å². The third kappa shape index (κ3) is 1.36. The maximum absolute atomic E-state index is 11.2. The second-order valence-electron chi connectivity index (χ2n) is 2.44. The van der Waals surface area contributed by atoms with E-state index < -0.39 is 0 Å². The molecule has 2 aromatic heterocycles. The van der Waals surface area contributed by atoms with Crippen LogP contribution >= 0.6 is 11.6 Å². The van der Waals surface area contributed by atoms with Crippen molar-refractivity contribution in [2.24, 2.45) is 0 Å². The molecule has 4 nitrogen and oxygen atoms in total. The monoisotopic (exact) mass is 195 g/mol. The van der Waals surface area contributed by atoms with Gasteiger partial charge in [-0.2, -0.15) is 0 Å². The summed E-state index contributed by atoms with van der Waals surface area (Å²) in [7, 11) is 0. The Balaban J connectivity index is 2.66. The van der Waals surface area contributed by atoms with Gasteiger partial charge in [0.25, 0.3) is 5.56 Å². The van der Waals surface area contributed by atoms with E-state index in [0.717, 1.165) is 0 Å². The van der Waals surface area contributed by atoms with Crippen LogP contribution in [0.3, 0.4) is 0 Å². The molecule has 0 radical (unpaired) electrons. The van der Waals surface area contributed by atoms with Gasteiger partial charge in [0, 0.05) is 18.5 Å². The van der Waals surface area contributed by atoms with Gasteiger partial charge in [-0.1, -0.05) is 11.6 Å². The van der Waals surface area contributed by atoms with Crippen LogP contribution in [0.25, 0.3) is 5.82 Å². The van der Waals surface area contributed by atoms with Crippen LogP contribution in [0, 0.1) is 0 Å². The quantitative estimate of drug-likeness (QED) is 0.744. The van der Waals surface area contributed by atoms with Gasteiger partial charge in [0.2, 0.25) is 0 Å². The van der Waals surface area contributed by atoms with Crippen LogP contribution in [0.5, 0.6) is 0 Å². The molecule has 0 bridgehead atoms. The van der Waals surface area contributed by atoms with E-state index in [1.165, 1.54) is 16.9 Å². The van der Waals surface area contributed by atoms with Gasteiger partial charge in [0.15, 0.2) is 5.82 Å². The highest BCUT2D eigenvalue weighted by Crippen LogP contribution is 2.13. The Morgan fingerprint density at radius 2 is 2.31 bits per heavy atom. The summed E-state index contributed by atoms with van der Waals surface area (Å²) in [5.41, 5.74) is -0.180. The number of nitrogens with zero attached hydrogens (tertiary/aromatic N) is 2. The molecule has 0 amide bonds. The highest BCUT2D eigenvalue weighted by atomic mass is 35.5. The number of nitrogens with one attached hydrogen (secondary N) is 1. The summed E-state index contributed by atoms with van der Waals surface area (Å²) in [5, 5.41) is 3.16. The molecule has 2 heterocycles. The molecule has 5 heteroatoms. The van der Waals surface area contributed by atoms with Crippen LogP contribution < -0.4 is 5.56 Å². The number of aromatic amines is 1. The first kappa shape index (κ1) is 8.07. The summed E-state index contributed by atoms with van der Waals surface area (Å²) in [6.07, 6.45) is 3.11. The Hall–Kier alpha value is -1.55. The lowest BCUT2D eigenvalue weighted by atomic mass is 10.4. The maximum Gasteiger partial charge on any atom is 0.272 e. The van der Waals surface area contributed by atoms with E-state index in [1.807, 2.05) is 0 Å². The van der Waals surface area contributed by atoms with Gasteiger partial charge in [-0.15, -0.1) is 0 Å². The lowest BCUT2D eigenvalue weighted by Crippen LogP contribution is -2.15. The SMILES string of the molecule is O=c1cc[nH]n1-c1ncccc1Cl. The number of H-pyrrole nitrogens is 1. The molecule has 0 aliphatic rings. The minimum absolute atomic E-state index is 0.180. The summed E-state index contributed by atoms with van der Waals surface area (Å²) in [6.45, 7) is 0. The number of hydrogen-bond donors (Lipinski definition) is 1. The second-order valence-corrected chi connectivity index (χ2v) is 2.85. The Kier molecular flexibility index (Phi) is 1.90. The predicted octanol–water partition coefficient (Wildman–Crippen LogP) is 1.21. The molecule has 0 fully saturated rings. The fraction of sp³-hybridized carbons (Fsp3) is 0. The molecule has 0 aliphatic heterocycles. The number of aromatic nitrogens is 3. The summed E-state index contributed by atoms with van der Waals surface area (Å²) >= 11 is 5.85. The normalized spacial score (nSPS) is 10.2. The number of pyridine rings is 1. The van der Waals surface area contributed by atoms with Crippen molar-refractivity contribution in [1.29, 1.82) is 0 Å². The van der Waals surface area contributed by atoms with Crippen LogP contribution in [0.15, 0.2) is 35.4 Å². The van der Waals surface area contributed by atoms with Crippen molar-refractivity contribution in [1.82, 2.24) is 14.8 Å². The molecule has 0 unspecified atom stereocenters. The molecule has 0 spiro atoms. The maximum atomic E-state index is 11.2. The van der Waals surface area contributed by atoms with E-state index in [0.29, 0.717) is 10.8 Å². The third-order valence-corrected chi connectivity index (χ3v) is 1.90. The van der Waals surface area contributed by atoms with Crippen molar-refractivity contribution in [2.75, 3.05) is 0 Å². The minimum Gasteiger partial charge on any atom is -0.297 e. The fourth-order valence-electron chi connectivity index (χ4n) is 1.03. The Labute approximate surface area is 78.8 Å². The summed E-state index contributed by atoms with van der Waals surface area (Å²) in [5.74, 6) is 0.416. The van der Waals surface area contributed by atoms with Gasteiger partial charge < -0.3 is 0 Å². The molecule has 0 aliphatic carbocycles. The van der Waals surface area contributed by atoms with Gasteiger partial charge in [0.05, 0.1) is 5.02 Å². The van der Waals surface area contributed by atoms with Crippen molar-refractivity contribution in [3.8, 4) is 5.82 Å². The minimum atomic E-state index is -0.180. The second kappa shape index (κ2) is 3.06. The van der Waals surface area contributed by atoms with E-state index in [-0.39, 0.29) is 5.56 Å². The number of rotatable bonds is 1. The van der Waals surface area contributed by atoms with Crippen molar-refractivity contribution >= 4 is 11.6 Å². The van der Waals surface area contributed by atoms with E-state index in [9.17, 15) is 4.79 Å². The molecule has 0 atom stereocenters. The van der Waals surface area contributed by atoms with Gasteiger partial charge in [0.1, 0.15) is 0 Å². The van der Waals surface area contributed by atoms with Gasteiger partial charge in [-0.05, 0) is 12.1 Å². The van der Waals surface area contributed by atoms with E-state index >= 15 is 0 Å². The van der Waals surface area contributed by atoms with Crippen molar-refractivity contribution in [3.05, 3.63) is 46.0 Å². The molecular formula is C8H6ClN3O. The lowest BCUT2D eigenvalue weighted by Gasteiger charge is -2.00. The highest BCUT2D eigenvalue weighted by Gasteiger charge is 2.04. The zero-order valence-electron chi connectivity index (χ0n) is 6.57. The standard InChI is InChI=1S/C8H6ClN3O/c9-6-2-1-4-10-8(6)12-7(13)3-5-11-12/h1-5,11H. The van der Waals surface area contributed by atoms with Crippen molar-refractivity contribution < 1.29 is 0 Å². The van der Waals surface area contributed by atoms with E-state index in [4.69, 9.17) is 11.6 Å². The van der Waals surface area contributed by atoms with Crippen LogP contribution in [-0.4, -0.2) is 14.8 Å². The van der Waals surface area contributed by atoms with Crippen LogP contribution in [0.2, 0.25) is 5.02 Å². The molecule has 0 saturated carbocycles. The smallest absolute Gasteiger partial charge is 0.272 e. The summed E-state index contributed by atoms with van der Waals surface area (Å²) in [4.78, 5) is 15.2. The molecule has 2 aromatic rings. The van der Waals surface area contributed by atoms with Crippen molar-refractivity contribution in [3.63, 3.8) is 0 Å². The fourth-order valence-corrected chi connectivity index (χ4v) is 1.23. The Morgan fingerprint density at radius 1 is 1.46 bits per heavy atom. The zero-order chi connectivity index (χ0) is 9.26. The predicted molar refractivity (Wildman–Crippen MR) is 49.2 cm³/mol. The summed E-state index contributed by atoms with van der Waals surface area (Å²) < 4.78 is 1.28. The first-order chi connectivity index (χ1) is 6.29. The Bertz CT molecular complexity index is 474. The molecule has 1 N–H and O–H groups in total. The highest BCUT2D eigenvalue weighted by molar-refractivity contribution is 6.32. The number of halogens is 1. The largest absolute Gasteiger partial charge is 0.297 e. The third-order valence-electron chi connectivity index (χ3n) is 1.60. The first-order valence-corrected chi connectivity index (χ1v) is 4.04. The first-order valence-electron chi connectivity index (χ1n) is 3.66. The van der Waals surface area contributed by atoms with Crippen LogP contribution in [0.4, 0.5) is 0 Å². The van der Waals surface area contributed by atoms with Gasteiger partial charge in [-0.3, -0.25) is 9.89 Å².